The monoisotopic (exact) mass is 868 g/mol. The van der Waals surface area contributed by atoms with Crippen molar-refractivity contribution >= 4 is 47.0 Å². The molecule has 6 rings (SSSR count). The summed E-state index contributed by atoms with van der Waals surface area (Å²) in [6, 6.07) is 50.1. The molecule has 0 spiro atoms. The predicted molar refractivity (Wildman–Crippen MR) is 240 cm³/mol. The number of halogens is 2. The topological polar surface area (TPSA) is 117 Å². The van der Waals surface area contributed by atoms with Gasteiger partial charge in [0.1, 0.15) is 0 Å². The van der Waals surface area contributed by atoms with Gasteiger partial charge in [-0.15, -0.1) is 0 Å². The number of nitrogens with zero attached hydrogens (tertiary/aromatic N) is 2. The molecule has 0 heterocycles. The molecule has 0 aliphatic carbocycles. The molecular weight excluding hydrogens is 823 g/mol. The zero-order valence-corrected chi connectivity index (χ0v) is 35.8. The van der Waals surface area contributed by atoms with E-state index in [1.165, 1.54) is 0 Å². The minimum Gasteiger partial charge on any atom is -0.426 e. The number of esters is 2. The quantitative estimate of drug-likeness (QED) is 0.0502. The Morgan fingerprint density at radius 2 is 0.774 bits per heavy atom. The summed E-state index contributed by atoms with van der Waals surface area (Å²) in [5, 5.41) is 6.98. The van der Waals surface area contributed by atoms with Gasteiger partial charge in [-0.1, -0.05) is 169 Å². The first-order valence-corrected chi connectivity index (χ1v) is 20.6. The van der Waals surface area contributed by atoms with Gasteiger partial charge in [0.05, 0.1) is 0 Å². The molecule has 12 heteroatoms. The van der Waals surface area contributed by atoms with Gasteiger partial charge in [-0.25, -0.2) is 9.59 Å². The Morgan fingerprint density at radius 3 is 1.10 bits per heavy atom. The highest BCUT2D eigenvalue weighted by atomic mass is 35.5. The number of amides is 2. The van der Waals surface area contributed by atoms with Crippen molar-refractivity contribution in [3.8, 4) is 0 Å². The van der Waals surface area contributed by atoms with Crippen LogP contribution in [0.25, 0.3) is 0 Å². The minimum absolute atomic E-state index is 0.139. The van der Waals surface area contributed by atoms with E-state index in [1.807, 2.05) is 84.9 Å². The molecule has 0 radical (unpaired) electrons. The number of benzene rings is 6. The zero-order chi connectivity index (χ0) is 44.0. The summed E-state index contributed by atoms with van der Waals surface area (Å²) in [6.07, 6.45) is 1.77. The van der Waals surface area contributed by atoms with Crippen LogP contribution in [-0.2, 0) is 66.3 Å². The SMILES string of the molecule is CN(Cc1ccc(Cl)cc1)C(OC(=O)/C=C/C(=O)OC(C(=O)NCc1ccccc1)(c1ccccc1)N(C)Cc1ccc(Cl)cc1)(C(=O)NCc1ccccc1)c1ccccc1. The lowest BCUT2D eigenvalue weighted by Gasteiger charge is -2.40. The maximum Gasteiger partial charge on any atom is 0.333 e. The number of hydrogen-bond acceptors (Lipinski definition) is 8. The highest BCUT2D eigenvalue weighted by Crippen LogP contribution is 2.34. The largest absolute Gasteiger partial charge is 0.426 e. The number of likely N-dealkylation sites (N-methyl/N-ethyl adjacent to an activating group) is 2. The van der Waals surface area contributed by atoms with Gasteiger partial charge in [-0.05, 0) is 60.6 Å². The van der Waals surface area contributed by atoms with Crippen LogP contribution in [0.15, 0.2) is 182 Å². The lowest BCUT2D eigenvalue weighted by Crippen LogP contribution is -2.57. The molecule has 0 saturated heterocycles. The van der Waals surface area contributed by atoms with Gasteiger partial charge in [0.15, 0.2) is 0 Å². The minimum atomic E-state index is -2.04. The van der Waals surface area contributed by atoms with Crippen molar-refractivity contribution in [2.75, 3.05) is 14.1 Å². The molecule has 0 bridgehead atoms. The van der Waals surface area contributed by atoms with Crippen molar-refractivity contribution in [2.24, 2.45) is 0 Å². The van der Waals surface area contributed by atoms with Crippen molar-refractivity contribution in [2.45, 2.75) is 37.6 Å². The Morgan fingerprint density at radius 1 is 0.468 bits per heavy atom. The van der Waals surface area contributed by atoms with Gasteiger partial charge >= 0.3 is 11.9 Å². The van der Waals surface area contributed by atoms with Crippen LogP contribution in [0.5, 0.6) is 0 Å². The average molecular weight is 870 g/mol. The fourth-order valence-corrected chi connectivity index (χ4v) is 7.24. The van der Waals surface area contributed by atoms with Gasteiger partial charge in [-0.3, -0.25) is 19.4 Å². The first-order valence-electron chi connectivity index (χ1n) is 19.8. The molecule has 6 aromatic carbocycles. The lowest BCUT2D eigenvalue weighted by atomic mass is 9.98. The normalized spacial score (nSPS) is 13.2. The maximum absolute atomic E-state index is 14.6. The Labute approximate surface area is 371 Å². The third-order valence-corrected chi connectivity index (χ3v) is 10.6. The second-order valence-electron chi connectivity index (χ2n) is 14.5. The van der Waals surface area contributed by atoms with Crippen LogP contribution in [0, 0.1) is 0 Å². The first-order chi connectivity index (χ1) is 30.0. The summed E-state index contributed by atoms with van der Waals surface area (Å²) in [5.74, 6) is -3.32. The Kier molecular flexibility index (Phi) is 15.5. The molecule has 2 N–H and O–H groups in total. The molecule has 0 saturated carbocycles. The summed E-state index contributed by atoms with van der Waals surface area (Å²) in [5.41, 5.74) is -0.138. The zero-order valence-electron chi connectivity index (χ0n) is 34.2. The maximum atomic E-state index is 14.6. The lowest BCUT2D eigenvalue weighted by molar-refractivity contribution is -0.192. The fourth-order valence-electron chi connectivity index (χ4n) is 6.99. The van der Waals surface area contributed by atoms with Gasteiger partial charge in [0.2, 0.25) is 0 Å². The second kappa shape index (κ2) is 21.3. The number of carbonyl (C=O) groups excluding carboxylic acids is 4. The van der Waals surface area contributed by atoms with Crippen LogP contribution in [0.2, 0.25) is 10.0 Å². The molecule has 6 aromatic rings. The van der Waals surface area contributed by atoms with Crippen molar-refractivity contribution in [1.82, 2.24) is 20.4 Å². The van der Waals surface area contributed by atoms with Crippen LogP contribution in [0.3, 0.4) is 0 Å². The number of hydrogen-bond donors (Lipinski definition) is 2. The Bertz CT molecular complexity index is 2270. The van der Waals surface area contributed by atoms with Crippen LogP contribution in [0.1, 0.15) is 33.4 Å². The summed E-state index contributed by atoms with van der Waals surface area (Å²) in [7, 11) is 3.32. The van der Waals surface area contributed by atoms with Crippen molar-refractivity contribution in [1.29, 1.82) is 0 Å². The molecule has 0 aliphatic heterocycles. The summed E-state index contributed by atoms with van der Waals surface area (Å²) in [6.45, 7) is 0.587. The molecule has 62 heavy (non-hydrogen) atoms. The molecule has 2 atom stereocenters. The van der Waals surface area contributed by atoms with Gasteiger partial charge in [0, 0.05) is 59.5 Å². The molecule has 0 fully saturated rings. The van der Waals surface area contributed by atoms with Crippen molar-refractivity contribution in [3.63, 3.8) is 0 Å². The first kappa shape index (κ1) is 45.0. The molecule has 0 aromatic heterocycles. The van der Waals surface area contributed by atoms with E-state index in [2.05, 4.69) is 10.6 Å². The van der Waals surface area contributed by atoms with Gasteiger partial charge < -0.3 is 20.1 Å². The van der Waals surface area contributed by atoms with Crippen molar-refractivity contribution in [3.05, 3.63) is 225 Å². The number of rotatable bonds is 18. The van der Waals surface area contributed by atoms with Crippen LogP contribution >= 0.6 is 23.2 Å². The van der Waals surface area contributed by atoms with Crippen molar-refractivity contribution < 1.29 is 28.7 Å². The number of nitrogens with one attached hydrogen (secondary N) is 2. The molecular formula is C50H46Cl2N4O6. The Hall–Kier alpha value is -6.56. The van der Waals surface area contributed by atoms with E-state index in [9.17, 15) is 19.2 Å². The number of ether oxygens (including phenoxy) is 2. The van der Waals surface area contributed by atoms with E-state index in [0.717, 1.165) is 34.4 Å². The van der Waals surface area contributed by atoms with Gasteiger partial charge in [0.25, 0.3) is 23.3 Å². The van der Waals surface area contributed by atoms with Gasteiger partial charge in [-0.2, -0.15) is 0 Å². The fraction of sp³-hybridized carbons (Fsp3) is 0.160. The van der Waals surface area contributed by atoms with E-state index in [4.69, 9.17) is 32.7 Å². The van der Waals surface area contributed by atoms with E-state index in [1.54, 1.807) is 109 Å². The smallest absolute Gasteiger partial charge is 0.333 e. The summed E-state index contributed by atoms with van der Waals surface area (Å²) >= 11 is 12.4. The summed E-state index contributed by atoms with van der Waals surface area (Å²) in [4.78, 5) is 60.6. The van der Waals surface area contributed by atoms with E-state index >= 15 is 0 Å². The van der Waals surface area contributed by atoms with E-state index < -0.39 is 35.2 Å². The van der Waals surface area contributed by atoms with Crippen LogP contribution in [-0.4, -0.2) is 47.6 Å². The number of carbonyl (C=O) groups is 4. The average Bonchev–Trinajstić information content (AvgIpc) is 3.30. The molecule has 316 valence electrons. The van der Waals surface area contributed by atoms with Crippen LogP contribution < -0.4 is 10.6 Å². The standard InChI is InChI=1S/C50H46Cl2N4O6/c1-55(35-39-23-27-43(51)28-24-39)49(41-19-11-5-12-20-41,47(59)53-33-37-15-7-3-8-16-37)61-45(57)31-32-46(58)62-50(42-21-13-6-14-22-42,48(60)54-34-38-17-9-4-10-18-38)56(2)36-40-25-29-44(52)30-26-40/h3-32H,33-36H2,1-2H3,(H,53,59)(H,54,60)/b32-31+. The highest BCUT2D eigenvalue weighted by Gasteiger charge is 2.49. The van der Waals surface area contributed by atoms with Crippen LogP contribution in [0.4, 0.5) is 0 Å². The third-order valence-electron chi connectivity index (χ3n) is 10.1. The second-order valence-corrected chi connectivity index (χ2v) is 15.4. The molecule has 10 nitrogen and oxygen atoms in total. The van der Waals surface area contributed by atoms with E-state index in [0.29, 0.717) is 21.2 Å². The molecule has 2 amide bonds. The summed E-state index contributed by atoms with van der Waals surface area (Å²) < 4.78 is 12.4. The third kappa shape index (κ3) is 11.2. The Balaban J connectivity index is 1.34. The van der Waals surface area contributed by atoms with E-state index in [-0.39, 0.29) is 26.2 Å². The predicted octanol–water partition coefficient (Wildman–Crippen LogP) is 8.54. The highest BCUT2D eigenvalue weighted by molar-refractivity contribution is 6.30. The molecule has 2 unspecified atom stereocenters. The molecule has 0 aliphatic rings.